The van der Waals surface area contributed by atoms with E-state index in [1.54, 1.807) is 6.07 Å². The summed E-state index contributed by atoms with van der Waals surface area (Å²) in [6.07, 6.45) is 0.669. The van der Waals surface area contributed by atoms with Crippen molar-refractivity contribution >= 4 is 11.8 Å². The van der Waals surface area contributed by atoms with E-state index in [1.165, 1.54) is 6.07 Å². The van der Waals surface area contributed by atoms with Gasteiger partial charge in [-0.15, -0.1) is 0 Å². The van der Waals surface area contributed by atoms with Gasteiger partial charge in [0.2, 0.25) is 0 Å². The second kappa shape index (κ2) is 6.93. The summed E-state index contributed by atoms with van der Waals surface area (Å²) >= 11 is 0. The van der Waals surface area contributed by atoms with Crippen LogP contribution in [0.2, 0.25) is 0 Å². The van der Waals surface area contributed by atoms with Gasteiger partial charge in [-0.2, -0.15) is 0 Å². The molecule has 1 unspecified atom stereocenters. The molecule has 0 aliphatic rings. The highest BCUT2D eigenvalue weighted by Gasteiger charge is 2.09. The van der Waals surface area contributed by atoms with Crippen LogP contribution in [0.15, 0.2) is 12.1 Å². The van der Waals surface area contributed by atoms with Crippen molar-refractivity contribution in [2.24, 2.45) is 0 Å². The minimum atomic E-state index is -1.01. The fourth-order valence-corrected chi connectivity index (χ4v) is 1.47. The molecular weight excluding hydrogens is 236 g/mol. The van der Waals surface area contributed by atoms with Crippen LogP contribution in [0.25, 0.3) is 0 Å². The van der Waals surface area contributed by atoms with E-state index in [1.807, 2.05) is 6.92 Å². The molecule has 1 heterocycles. The molecule has 100 valence electrons. The smallest absolute Gasteiger partial charge is 0.335 e. The highest BCUT2D eigenvalue weighted by molar-refractivity contribution is 5.88. The number of hydrogen-bond acceptors (Lipinski definition) is 5. The van der Waals surface area contributed by atoms with E-state index in [4.69, 9.17) is 10.2 Å². The summed E-state index contributed by atoms with van der Waals surface area (Å²) in [5.74, 6) is -0.619. The fourth-order valence-electron chi connectivity index (χ4n) is 1.47. The van der Waals surface area contributed by atoms with Crippen molar-refractivity contribution in [3.05, 3.63) is 23.4 Å². The zero-order valence-corrected chi connectivity index (χ0v) is 10.3. The minimum absolute atomic E-state index is 0.123. The molecule has 0 amide bonds. The number of aliphatic hydroxyl groups excluding tert-OH is 2. The van der Waals surface area contributed by atoms with Gasteiger partial charge < -0.3 is 20.6 Å². The van der Waals surface area contributed by atoms with Crippen molar-refractivity contribution in [2.45, 2.75) is 25.9 Å². The first-order valence-electron chi connectivity index (χ1n) is 5.83. The third-order valence-corrected chi connectivity index (χ3v) is 2.36. The van der Waals surface area contributed by atoms with E-state index in [2.05, 4.69) is 10.3 Å². The van der Waals surface area contributed by atoms with Gasteiger partial charge in [-0.3, -0.25) is 0 Å². The van der Waals surface area contributed by atoms with Gasteiger partial charge in [-0.1, -0.05) is 13.3 Å². The van der Waals surface area contributed by atoms with Crippen molar-refractivity contribution in [2.75, 3.05) is 18.5 Å². The number of carboxylic acid groups (broad SMARTS) is 1. The highest BCUT2D eigenvalue weighted by atomic mass is 16.4. The molecule has 0 bridgehead atoms. The Balaban J connectivity index is 2.85. The molecule has 0 fully saturated rings. The molecule has 4 N–H and O–H groups in total. The number of anilines is 1. The first-order valence-corrected chi connectivity index (χ1v) is 5.83. The maximum Gasteiger partial charge on any atom is 0.335 e. The Kier molecular flexibility index (Phi) is 5.54. The Hall–Kier alpha value is -1.66. The second-order valence-electron chi connectivity index (χ2n) is 4.00. The Morgan fingerprint density at radius 3 is 2.78 bits per heavy atom. The number of aromatic carboxylic acids is 1. The molecule has 0 aromatic carbocycles. The maximum atomic E-state index is 11.0. The molecule has 6 nitrogen and oxygen atoms in total. The van der Waals surface area contributed by atoms with Crippen LogP contribution in [0.4, 0.5) is 5.82 Å². The van der Waals surface area contributed by atoms with E-state index in [9.17, 15) is 9.90 Å². The number of nitrogens with zero attached hydrogens (tertiary/aromatic N) is 1. The lowest BCUT2D eigenvalue weighted by molar-refractivity contribution is 0.0696. The molecule has 1 aromatic rings. The third kappa shape index (κ3) is 4.31. The fraction of sp³-hybridized carbons (Fsp3) is 0.500. The quantitative estimate of drug-likeness (QED) is 0.565. The van der Waals surface area contributed by atoms with Gasteiger partial charge in [0.05, 0.1) is 18.3 Å². The molecule has 0 radical (unpaired) electrons. The predicted molar refractivity (Wildman–Crippen MR) is 66.8 cm³/mol. The van der Waals surface area contributed by atoms with Gasteiger partial charge in [0.25, 0.3) is 0 Å². The van der Waals surface area contributed by atoms with Gasteiger partial charge in [-0.05, 0) is 18.6 Å². The van der Waals surface area contributed by atoms with Crippen molar-refractivity contribution in [3.63, 3.8) is 0 Å². The number of rotatable bonds is 7. The number of carbonyl (C=O) groups is 1. The molecule has 1 rings (SSSR count). The Morgan fingerprint density at radius 1 is 1.50 bits per heavy atom. The highest BCUT2D eigenvalue weighted by Crippen LogP contribution is 2.12. The van der Waals surface area contributed by atoms with Gasteiger partial charge >= 0.3 is 5.97 Å². The lowest BCUT2D eigenvalue weighted by Crippen LogP contribution is -2.23. The van der Waals surface area contributed by atoms with Crippen LogP contribution in [-0.2, 0) is 6.42 Å². The normalized spacial score (nSPS) is 12.2. The maximum absolute atomic E-state index is 11.0. The summed E-state index contributed by atoms with van der Waals surface area (Å²) in [5.41, 5.74) is 0.854. The summed E-state index contributed by atoms with van der Waals surface area (Å²) in [6.45, 7) is 1.75. The van der Waals surface area contributed by atoms with Gasteiger partial charge in [0.1, 0.15) is 5.82 Å². The molecular formula is C12H18N2O4. The molecule has 0 saturated carbocycles. The number of carboxylic acids is 1. The first kappa shape index (κ1) is 14.4. The average molecular weight is 254 g/mol. The second-order valence-corrected chi connectivity index (χ2v) is 4.00. The van der Waals surface area contributed by atoms with Gasteiger partial charge in [-0.25, -0.2) is 9.78 Å². The summed E-state index contributed by atoms with van der Waals surface area (Å²) < 4.78 is 0. The van der Waals surface area contributed by atoms with Crippen LogP contribution in [-0.4, -0.2) is 45.5 Å². The minimum Gasteiger partial charge on any atom is -0.478 e. The predicted octanol–water partition coefficient (Wildman–Crippen LogP) is 0.497. The van der Waals surface area contributed by atoms with E-state index >= 15 is 0 Å². The Morgan fingerprint density at radius 2 is 2.22 bits per heavy atom. The Bertz CT molecular complexity index is 409. The number of aromatic nitrogens is 1. The summed E-state index contributed by atoms with van der Waals surface area (Å²) in [7, 11) is 0. The molecule has 0 saturated heterocycles. The van der Waals surface area contributed by atoms with Crippen LogP contribution in [0.5, 0.6) is 0 Å². The summed E-state index contributed by atoms with van der Waals surface area (Å²) in [6, 6.07) is 2.95. The molecule has 0 spiro atoms. The largest absolute Gasteiger partial charge is 0.478 e. The molecule has 6 heteroatoms. The number of hydrogen-bond donors (Lipinski definition) is 4. The van der Waals surface area contributed by atoms with Crippen LogP contribution in [0.3, 0.4) is 0 Å². The number of aliphatic hydroxyl groups is 2. The molecule has 1 aromatic heterocycles. The van der Waals surface area contributed by atoms with Crippen molar-refractivity contribution < 1.29 is 20.1 Å². The van der Waals surface area contributed by atoms with Gasteiger partial charge in [0, 0.05) is 12.2 Å². The Labute approximate surface area is 105 Å². The number of nitrogens with one attached hydrogen (secondary N) is 1. The van der Waals surface area contributed by atoms with Crippen molar-refractivity contribution in [1.29, 1.82) is 0 Å². The monoisotopic (exact) mass is 254 g/mol. The molecule has 1 atom stereocenters. The lowest BCUT2D eigenvalue weighted by Gasteiger charge is -2.11. The van der Waals surface area contributed by atoms with E-state index in [0.717, 1.165) is 6.42 Å². The average Bonchev–Trinajstić information content (AvgIpc) is 2.36. The lowest BCUT2D eigenvalue weighted by atomic mass is 10.1. The van der Waals surface area contributed by atoms with Crippen molar-refractivity contribution in [3.8, 4) is 0 Å². The molecule has 0 aliphatic carbocycles. The topological polar surface area (TPSA) is 103 Å². The third-order valence-electron chi connectivity index (χ3n) is 2.36. The zero-order valence-electron chi connectivity index (χ0n) is 10.3. The number of pyridine rings is 1. The molecule has 0 aliphatic heterocycles. The van der Waals surface area contributed by atoms with Crippen LogP contribution < -0.4 is 5.32 Å². The first-order chi connectivity index (χ1) is 8.56. The van der Waals surface area contributed by atoms with E-state index in [-0.39, 0.29) is 18.7 Å². The zero-order chi connectivity index (χ0) is 13.5. The van der Waals surface area contributed by atoms with Crippen LogP contribution in [0, 0.1) is 0 Å². The van der Waals surface area contributed by atoms with Crippen LogP contribution in [0.1, 0.15) is 29.4 Å². The van der Waals surface area contributed by atoms with Gasteiger partial charge in [0.15, 0.2) is 0 Å². The van der Waals surface area contributed by atoms with Crippen molar-refractivity contribution in [1.82, 2.24) is 4.98 Å². The van der Waals surface area contributed by atoms with Crippen LogP contribution >= 0.6 is 0 Å². The number of aryl methyl sites for hydroxylation is 1. The SMILES string of the molecule is CCCc1cc(C(=O)O)cc(NCC(O)CO)n1. The standard InChI is InChI=1S/C12H18N2O4/c1-2-3-9-4-8(12(17)18)5-11(14-9)13-6-10(16)7-15/h4-5,10,15-16H,2-3,6-7H2,1H3,(H,13,14)(H,17,18). The summed E-state index contributed by atoms with van der Waals surface area (Å²) in [4.78, 5) is 15.2. The van der Waals surface area contributed by atoms with E-state index in [0.29, 0.717) is 17.9 Å². The molecule has 18 heavy (non-hydrogen) atoms. The summed E-state index contributed by atoms with van der Waals surface area (Å²) in [5, 5.41) is 29.7. The van der Waals surface area contributed by atoms with E-state index < -0.39 is 12.1 Å².